The van der Waals surface area contributed by atoms with E-state index in [1.807, 2.05) is 18.2 Å². The van der Waals surface area contributed by atoms with Crippen LogP contribution in [0, 0.1) is 17.1 Å². The van der Waals surface area contributed by atoms with Crippen molar-refractivity contribution < 1.29 is 14.0 Å². The standard InChI is InChI=1S/C16H13FN2O2/c1-20-19-16(10-18)15-8-3-2-5-12(15)11-21-14-7-4-6-13(17)9-14/h2-9H,11H2,1H3/b19-16-. The molecule has 2 aromatic rings. The smallest absolute Gasteiger partial charge is 0.187 e. The fraction of sp³-hybridized carbons (Fsp3) is 0.125. The van der Waals surface area contributed by atoms with E-state index in [2.05, 4.69) is 9.99 Å². The molecule has 21 heavy (non-hydrogen) atoms. The van der Waals surface area contributed by atoms with Gasteiger partial charge in [-0.05, 0) is 17.7 Å². The van der Waals surface area contributed by atoms with E-state index in [9.17, 15) is 4.39 Å². The first-order valence-electron chi connectivity index (χ1n) is 6.22. The topological polar surface area (TPSA) is 54.6 Å². The summed E-state index contributed by atoms with van der Waals surface area (Å²) in [6, 6.07) is 15.1. The zero-order valence-electron chi connectivity index (χ0n) is 11.4. The third-order valence-corrected chi connectivity index (χ3v) is 2.75. The molecule has 0 aliphatic heterocycles. The zero-order valence-corrected chi connectivity index (χ0v) is 11.4. The molecule has 2 rings (SSSR count). The van der Waals surface area contributed by atoms with Gasteiger partial charge in [-0.2, -0.15) is 5.26 Å². The minimum absolute atomic E-state index is 0.163. The normalized spacial score (nSPS) is 10.8. The summed E-state index contributed by atoms with van der Waals surface area (Å²) in [6.45, 7) is 0.198. The van der Waals surface area contributed by atoms with Gasteiger partial charge in [-0.3, -0.25) is 0 Å². The number of halogens is 1. The first kappa shape index (κ1) is 14.5. The highest BCUT2D eigenvalue weighted by molar-refractivity contribution is 6.12. The summed E-state index contributed by atoms with van der Waals surface area (Å²) in [6.07, 6.45) is 0. The van der Waals surface area contributed by atoms with Gasteiger partial charge in [0.1, 0.15) is 31.4 Å². The summed E-state index contributed by atoms with van der Waals surface area (Å²) >= 11 is 0. The Bertz CT molecular complexity index is 693. The summed E-state index contributed by atoms with van der Waals surface area (Å²) in [5.74, 6) is 0.0615. The predicted molar refractivity (Wildman–Crippen MR) is 76.3 cm³/mol. The highest BCUT2D eigenvalue weighted by atomic mass is 19.1. The number of nitriles is 1. The van der Waals surface area contributed by atoms with E-state index < -0.39 is 0 Å². The Morgan fingerprint density at radius 1 is 1.24 bits per heavy atom. The minimum atomic E-state index is -0.362. The lowest BCUT2D eigenvalue weighted by Crippen LogP contribution is -2.06. The van der Waals surface area contributed by atoms with Crippen molar-refractivity contribution in [3.05, 3.63) is 65.5 Å². The van der Waals surface area contributed by atoms with Crippen LogP contribution in [0.2, 0.25) is 0 Å². The number of rotatable bonds is 5. The van der Waals surface area contributed by atoms with E-state index in [0.29, 0.717) is 11.3 Å². The molecule has 106 valence electrons. The number of nitrogens with zero attached hydrogens (tertiary/aromatic N) is 2. The van der Waals surface area contributed by atoms with Crippen LogP contribution >= 0.6 is 0 Å². The van der Waals surface area contributed by atoms with Crippen molar-refractivity contribution in [2.75, 3.05) is 7.11 Å². The highest BCUT2D eigenvalue weighted by Crippen LogP contribution is 2.17. The number of benzene rings is 2. The van der Waals surface area contributed by atoms with Crippen LogP contribution in [0.25, 0.3) is 0 Å². The lowest BCUT2D eigenvalue weighted by molar-refractivity contribution is 0.214. The molecule has 0 aliphatic rings. The Labute approximate surface area is 122 Å². The maximum Gasteiger partial charge on any atom is 0.187 e. The third kappa shape index (κ3) is 3.80. The van der Waals surface area contributed by atoms with Gasteiger partial charge in [0.15, 0.2) is 5.71 Å². The Balaban J connectivity index is 2.21. The summed E-state index contributed by atoms with van der Waals surface area (Å²) in [7, 11) is 1.38. The Hall–Kier alpha value is -2.87. The fourth-order valence-electron chi connectivity index (χ4n) is 1.82. The van der Waals surface area contributed by atoms with Crippen LogP contribution in [-0.4, -0.2) is 12.8 Å². The van der Waals surface area contributed by atoms with Gasteiger partial charge in [0, 0.05) is 11.6 Å². The second-order valence-electron chi connectivity index (χ2n) is 4.14. The molecule has 0 saturated carbocycles. The summed E-state index contributed by atoms with van der Waals surface area (Å²) in [5.41, 5.74) is 1.55. The lowest BCUT2D eigenvalue weighted by Gasteiger charge is -2.09. The van der Waals surface area contributed by atoms with Crippen LogP contribution in [0.5, 0.6) is 5.75 Å². The van der Waals surface area contributed by atoms with Gasteiger partial charge in [0.05, 0.1) is 0 Å². The molecule has 4 nitrogen and oxygen atoms in total. The summed E-state index contributed by atoms with van der Waals surface area (Å²) < 4.78 is 18.6. The molecule has 0 aliphatic carbocycles. The van der Waals surface area contributed by atoms with E-state index in [0.717, 1.165) is 5.56 Å². The fourth-order valence-corrected chi connectivity index (χ4v) is 1.82. The molecule has 5 heteroatoms. The monoisotopic (exact) mass is 284 g/mol. The SMILES string of the molecule is CO/N=C(/C#N)c1ccccc1COc1cccc(F)c1. The second kappa shape index (κ2) is 7.06. The molecule has 0 N–H and O–H groups in total. The molecule has 0 fully saturated rings. The van der Waals surface area contributed by atoms with Crippen LogP contribution < -0.4 is 4.74 Å². The molecular weight excluding hydrogens is 271 g/mol. The number of ether oxygens (including phenoxy) is 1. The van der Waals surface area contributed by atoms with E-state index in [1.54, 1.807) is 24.3 Å². The van der Waals surface area contributed by atoms with Crippen molar-refractivity contribution in [1.29, 1.82) is 5.26 Å². The largest absolute Gasteiger partial charge is 0.489 e. The molecule has 0 aromatic heterocycles. The van der Waals surface area contributed by atoms with E-state index in [-0.39, 0.29) is 18.1 Å². The number of hydrogen-bond donors (Lipinski definition) is 0. The Kier molecular flexibility index (Phi) is 4.89. The molecule has 0 heterocycles. The van der Waals surface area contributed by atoms with Crippen molar-refractivity contribution in [3.8, 4) is 11.8 Å². The van der Waals surface area contributed by atoms with Crippen LogP contribution in [-0.2, 0) is 11.4 Å². The number of oxime groups is 1. The Morgan fingerprint density at radius 2 is 2.05 bits per heavy atom. The average molecular weight is 284 g/mol. The Morgan fingerprint density at radius 3 is 2.76 bits per heavy atom. The molecule has 0 saturated heterocycles. The first-order valence-corrected chi connectivity index (χ1v) is 6.22. The third-order valence-electron chi connectivity index (χ3n) is 2.75. The molecule has 0 amide bonds. The van der Waals surface area contributed by atoms with Crippen LogP contribution in [0.1, 0.15) is 11.1 Å². The molecule has 0 unspecified atom stereocenters. The second-order valence-corrected chi connectivity index (χ2v) is 4.14. The minimum Gasteiger partial charge on any atom is -0.489 e. The summed E-state index contributed by atoms with van der Waals surface area (Å²) in [5, 5.41) is 12.8. The molecule has 0 atom stereocenters. The van der Waals surface area contributed by atoms with Gasteiger partial charge in [0.2, 0.25) is 0 Å². The van der Waals surface area contributed by atoms with Crippen molar-refractivity contribution in [1.82, 2.24) is 0 Å². The average Bonchev–Trinajstić information content (AvgIpc) is 2.51. The predicted octanol–water partition coefficient (Wildman–Crippen LogP) is 3.28. The zero-order chi connectivity index (χ0) is 15.1. The lowest BCUT2D eigenvalue weighted by atomic mass is 10.0. The van der Waals surface area contributed by atoms with Gasteiger partial charge in [-0.25, -0.2) is 4.39 Å². The highest BCUT2D eigenvalue weighted by Gasteiger charge is 2.10. The van der Waals surface area contributed by atoms with Crippen molar-refractivity contribution in [2.45, 2.75) is 6.61 Å². The van der Waals surface area contributed by atoms with Gasteiger partial charge in [-0.1, -0.05) is 35.5 Å². The molecule has 0 spiro atoms. The summed E-state index contributed by atoms with van der Waals surface area (Å²) in [4.78, 5) is 4.66. The number of hydrogen-bond acceptors (Lipinski definition) is 4. The van der Waals surface area contributed by atoms with Gasteiger partial charge >= 0.3 is 0 Å². The van der Waals surface area contributed by atoms with Crippen LogP contribution in [0.15, 0.2) is 53.7 Å². The molecular formula is C16H13FN2O2. The maximum atomic E-state index is 13.1. The van der Waals surface area contributed by atoms with Crippen molar-refractivity contribution in [3.63, 3.8) is 0 Å². The van der Waals surface area contributed by atoms with Crippen LogP contribution in [0.4, 0.5) is 4.39 Å². The van der Waals surface area contributed by atoms with Gasteiger partial charge in [0.25, 0.3) is 0 Å². The van der Waals surface area contributed by atoms with Crippen LogP contribution in [0.3, 0.4) is 0 Å². The van der Waals surface area contributed by atoms with Crippen molar-refractivity contribution >= 4 is 5.71 Å². The van der Waals surface area contributed by atoms with Gasteiger partial charge < -0.3 is 9.57 Å². The van der Waals surface area contributed by atoms with Gasteiger partial charge in [-0.15, -0.1) is 0 Å². The van der Waals surface area contributed by atoms with E-state index >= 15 is 0 Å². The quantitative estimate of drug-likeness (QED) is 0.625. The maximum absolute atomic E-state index is 13.1. The van der Waals surface area contributed by atoms with E-state index in [1.165, 1.54) is 19.2 Å². The first-order chi connectivity index (χ1) is 10.2. The van der Waals surface area contributed by atoms with E-state index in [4.69, 9.17) is 10.00 Å². The van der Waals surface area contributed by atoms with Crippen molar-refractivity contribution in [2.24, 2.45) is 5.16 Å². The molecule has 0 bridgehead atoms. The molecule has 2 aromatic carbocycles. The molecule has 0 radical (unpaired) electrons.